The highest BCUT2D eigenvalue weighted by atomic mass is 32.2. The monoisotopic (exact) mass is 447 g/mol. The number of fused-ring (bicyclic) bond motifs is 1. The molecule has 3 aromatic rings. The Morgan fingerprint density at radius 3 is 2.63 bits per heavy atom. The molecular formula is C20H21N3O5S2. The number of benzene rings is 1. The molecule has 0 amide bonds. The summed E-state index contributed by atoms with van der Waals surface area (Å²) in [6.45, 7) is 4.23. The number of aryl methyl sites for hydroxylation is 1. The number of carbonyl (C=O) groups excluding carboxylic acids is 1. The first-order valence-corrected chi connectivity index (χ1v) is 11.6. The average Bonchev–Trinajstić information content (AvgIpc) is 3.35. The van der Waals surface area contributed by atoms with Gasteiger partial charge in [-0.25, -0.2) is 13.4 Å². The molecule has 30 heavy (non-hydrogen) atoms. The normalized spacial score (nSPS) is 13.6. The van der Waals surface area contributed by atoms with E-state index in [0.717, 1.165) is 20.8 Å². The van der Waals surface area contributed by atoms with E-state index in [1.807, 2.05) is 23.8 Å². The highest BCUT2D eigenvalue weighted by Gasteiger charge is 2.27. The lowest BCUT2D eigenvalue weighted by atomic mass is 10.1. The van der Waals surface area contributed by atoms with Crippen LogP contribution in [0.1, 0.15) is 21.7 Å². The van der Waals surface area contributed by atoms with Crippen LogP contribution in [0.2, 0.25) is 0 Å². The summed E-state index contributed by atoms with van der Waals surface area (Å²) in [4.78, 5) is 17.3. The van der Waals surface area contributed by atoms with Gasteiger partial charge in [0, 0.05) is 41.6 Å². The van der Waals surface area contributed by atoms with Crippen LogP contribution in [-0.4, -0.2) is 54.9 Å². The van der Waals surface area contributed by atoms with E-state index >= 15 is 0 Å². The molecule has 0 spiro atoms. The van der Waals surface area contributed by atoms with Crippen molar-refractivity contribution in [1.29, 1.82) is 0 Å². The molecule has 8 nitrogen and oxygen atoms in total. The maximum Gasteiger partial charge on any atom is 0.243 e. The van der Waals surface area contributed by atoms with Gasteiger partial charge in [0.2, 0.25) is 10.0 Å². The zero-order chi connectivity index (χ0) is 21.5. The Labute approximate surface area is 178 Å². The van der Waals surface area contributed by atoms with Crippen LogP contribution in [0.3, 0.4) is 0 Å². The fraction of sp³-hybridized carbons (Fsp3) is 0.300. The lowest BCUT2D eigenvalue weighted by molar-refractivity contribution is 0.0972. The number of sulfonamides is 1. The summed E-state index contributed by atoms with van der Waals surface area (Å²) < 4.78 is 39.8. The quantitative estimate of drug-likeness (QED) is 0.540. The lowest BCUT2D eigenvalue weighted by Crippen LogP contribution is -2.32. The van der Waals surface area contributed by atoms with Gasteiger partial charge in [0.05, 0.1) is 11.4 Å². The molecule has 0 saturated carbocycles. The van der Waals surface area contributed by atoms with Crippen molar-refractivity contribution in [3.05, 3.63) is 52.8 Å². The van der Waals surface area contributed by atoms with E-state index in [4.69, 9.17) is 9.47 Å². The summed E-state index contributed by atoms with van der Waals surface area (Å²) in [5, 5.41) is 2.63. The number of Topliss-reactive ketones (excluding diaryl/α,β-unsaturated/α-hetero) is 1. The average molecular weight is 448 g/mol. The number of ether oxygens (including phenoxy) is 2. The maximum absolute atomic E-state index is 13.0. The predicted octanol–water partition coefficient (Wildman–Crippen LogP) is 2.83. The maximum atomic E-state index is 13.0. The van der Waals surface area contributed by atoms with E-state index in [-0.39, 0.29) is 17.2 Å². The SMILES string of the molecule is Cc1cc(C(=O)CN(C)S(=O)(=O)c2ccc3c(c2)OCCO3)c(C)n1-c1nccs1. The second-order valence-corrected chi connectivity index (χ2v) is 9.84. The molecule has 0 unspecified atom stereocenters. The molecule has 1 aliphatic heterocycles. The zero-order valence-electron chi connectivity index (χ0n) is 16.8. The third-order valence-corrected chi connectivity index (χ3v) is 7.49. The van der Waals surface area contributed by atoms with Crippen molar-refractivity contribution in [3.8, 4) is 16.6 Å². The molecule has 0 saturated heterocycles. The highest BCUT2D eigenvalue weighted by molar-refractivity contribution is 7.89. The van der Waals surface area contributed by atoms with Gasteiger partial charge in [0.15, 0.2) is 22.4 Å². The van der Waals surface area contributed by atoms with Gasteiger partial charge in [-0.2, -0.15) is 4.31 Å². The summed E-state index contributed by atoms with van der Waals surface area (Å²) in [6.07, 6.45) is 1.70. The smallest absolute Gasteiger partial charge is 0.243 e. The summed E-state index contributed by atoms with van der Waals surface area (Å²) in [7, 11) is -2.48. The van der Waals surface area contributed by atoms with Crippen molar-refractivity contribution in [2.75, 3.05) is 26.8 Å². The number of nitrogens with zero attached hydrogens (tertiary/aromatic N) is 3. The van der Waals surface area contributed by atoms with Crippen LogP contribution in [-0.2, 0) is 10.0 Å². The topological polar surface area (TPSA) is 90.7 Å². The molecule has 10 heteroatoms. The number of rotatable bonds is 6. The zero-order valence-corrected chi connectivity index (χ0v) is 18.4. The number of hydrogen-bond donors (Lipinski definition) is 0. The van der Waals surface area contributed by atoms with Crippen LogP contribution in [0, 0.1) is 13.8 Å². The number of carbonyl (C=O) groups is 1. The molecule has 0 radical (unpaired) electrons. The second-order valence-electron chi connectivity index (χ2n) is 6.92. The van der Waals surface area contributed by atoms with Crippen molar-refractivity contribution in [1.82, 2.24) is 13.9 Å². The number of thiazole rings is 1. The van der Waals surface area contributed by atoms with Crippen molar-refractivity contribution in [3.63, 3.8) is 0 Å². The minimum absolute atomic E-state index is 0.0512. The number of aromatic nitrogens is 2. The van der Waals surface area contributed by atoms with Gasteiger partial charge in [-0.3, -0.25) is 9.36 Å². The van der Waals surface area contributed by atoms with Gasteiger partial charge in [0.1, 0.15) is 13.2 Å². The molecule has 3 heterocycles. The number of ketones is 1. The molecule has 0 N–H and O–H groups in total. The van der Waals surface area contributed by atoms with Gasteiger partial charge >= 0.3 is 0 Å². The third-order valence-electron chi connectivity index (χ3n) is 4.93. The van der Waals surface area contributed by atoms with Gasteiger partial charge in [0.25, 0.3) is 0 Å². The molecule has 1 aromatic carbocycles. The predicted molar refractivity (Wildman–Crippen MR) is 112 cm³/mol. The summed E-state index contributed by atoms with van der Waals surface area (Å²) in [5.74, 6) is 0.608. The largest absolute Gasteiger partial charge is 0.486 e. The molecule has 0 atom stereocenters. The summed E-state index contributed by atoms with van der Waals surface area (Å²) in [5.41, 5.74) is 2.08. The Bertz CT molecular complexity index is 1200. The number of likely N-dealkylation sites (N-methyl/N-ethyl adjacent to an activating group) is 1. The van der Waals surface area contributed by atoms with Gasteiger partial charge in [-0.15, -0.1) is 11.3 Å². The Morgan fingerprint density at radius 1 is 1.20 bits per heavy atom. The van der Waals surface area contributed by atoms with Crippen LogP contribution in [0.4, 0.5) is 0 Å². The lowest BCUT2D eigenvalue weighted by Gasteiger charge is -2.21. The Balaban J connectivity index is 1.57. The Morgan fingerprint density at radius 2 is 1.93 bits per heavy atom. The van der Waals surface area contributed by atoms with Gasteiger partial charge in [-0.05, 0) is 32.0 Å². The highest BCUT2D eigenvalue weighted by Crippen LogP contribution is 2.33. The van der Waals surface area contributed by atoms with Crippen LogP contribution >= 0.6 is 11.3 Å². The van der Waals surface area contributed by atoms with E-state index in [1.165, 1.54) is 30.5 Å². The molecule has 158 valence electrons. The van der Waals surface area contributed by atoms with E-state index in [0.29, 0.717) is 30.3 Å². The molecule has 2 aromatic heterocycles. The van der Waals surface area contributed by atoms with Crippen LogP contribution in [0.5, 0.6) is 11.5 Å². The third kappa shape index (κ3) is 3.62. The van der Waals surface area contributed by atoms with E-state index in [9.17, 15) is 13.2 Å². The van der Waals surface area contributed by atoms with Crippen molar-refractivity contribution in [2.45, 2.75) is 18.7 Å². The summed E-state index contributed by atoms with van der Waals surface area (Å²) in [6, 6.07) is 6.22. The van der Waals surface area contributed by atoms with Gasteiger partial charge < -0.3 is 9.47 Å². The molecule has 1 aliphatic rings. The minimum Gasteiger partial charge on any atom is -0.486 e. The summed E-state index contributed by atoms with van der Waals surface area (Å²) >= 11 is 1.47. The Hall–Kier alpha value is -2.69. The molecule has 0 aliphatic carbocycles. The minimum atomic E-state index is -3.88. The van der Waals surface area contributed by atoms with Crippen molar-refractivity contribution < 1.29 is 22.7 Å². The van der Waals surface area contributed by atoms with E-state index in [1.54, 1.807) is 18.3 Å². The van der Waals surface area contributed by atoms with Crippen LogP contribution < -0.4 is 9.47 Å². The van der Waals surface area contributed by atoms with Crippen molar-refractivity contribution in [2.24, 2.45) is 0 Å². The molecule has 4 rings (SSSR count). The first-order valence-electron chi connectivity index (χ1n) is 9.27. The van der Waals surface area contributed by atoms with E-state index < -0.39 is 10.0 Å². The fourth-order valence-electron chi connectivity index (χ4n) is 3.40. The van der Waals surface area contributed by atoms with Crippen LogP contribution in [0.25, 0.3) is 5.13 Å². The number of hydrogen-bond acceptors (Lipinski definition) is 7. The standard InChI is InChI=1S/C20H21N3O5S2/c1-13-10-16(14(2)23(13)20-21-6-9-29-20)17(24)12-22(3)30(25,26)15-4-5-18-19(11-15)28-8-7-27-18/h4-6,9-11H,7-8,12H2,1-3H3. The Kier molecular flexibility index (Phi) is 5.39. The first kappa shape index (κ1) is 20.6. The van der Waals surface area contributed by atoms with Crippen LogP contribution in [0.15, 0.2) is 40.7 Å². The second kappa shape index (κ2) is 7.86. The van der Waals surface area contributed by atoms with Crippen molar-refractivity contribution >= 4 is 27.1 Å². The fourth-order valence-corrected chi connectivity index (χ4v) is 5.30. The molecule has 0 bridgehead atoms. The van der Waals surface area contributed by atoms with E-state index in [2.05, 4.69) is 4.98 Å². The molecular weight excluding hydrogens is 426 g/mol. The molecule has 0 fully saturated rings. The first-order chi connectivity index (χ1) is 14.3. The van der Waals surface area contributed by atoms with Gasteiger partial charge in [-0.1, -0.05) is 0 Å².